The van der Waals surface area contributed by atoms with Crippen LogP contribution in [0.25, 0.3) is 11.0 Å². The first-order valence-electron chi connectivity index (χ1n) is 9.15. The average molecular weight is 377 g/mol. The Bertz CT molecular complexity index is 1090. The molecule has 2 fully saturated rings. The molecule has 7 nitrogen and oxygen atoms in total. The third kappa shape index (κ3) is 2.70. The van der Waals surface area contributed by atoms with Gasteiger partial charge >= 0.3 is 5.97 Å². The molecule has 1 saturated heterocycles. The number of esters is 1. The Hall–Kier alpha value is -3.35. The normalized spacial score (nSPS) is 17.3. The molecule has 1 saturated carbocycles. The van der Waals surface area contributed by atoms with Crippen LogP contribution < -0.4 is 9.64 Å². The van der Waals surface area contributed by atoms with E-state index in [-0.39, 0.29) is 5.41 Å². The van der Waals surface area contributed by atoms with Gasteiger partial charge in [-0.15, -0.1) is 0 Å². The molecule has 142 valence electrons. The standard InChI is InChI=1S/C21H19N3O4/c1-27-20(26)17-3-2-14(24-11-21(12-24)8-15(25)9-21)7-18(17)28-16-6-13-4-5-22-19(13)23-10-16/h2-7,10H,8-9,11-12H2,1H3,(H,22,23). The van der Waals surface area contributed by atoms with Crippen LogP contribution in [-0.4, -0.2) is 41.9 Å². The van der Waals surface area contributed by atoms with Crippen LogP contribution in [0.15, 0.2) is 42.7 Å². The molecule has 1 aliphatic heterocycles. The fraction of sp³-hybridized carbons (Fsp3) is 0.286. The first-order chi connectivity index (χ1) is 13.5. The minimum Gasteiger partial charge on any atom is -0.465 e. The number of hydrogen-bond donors (Lipinski definition) is 1. The van der Waals surface area contributed by atoms with Crippen LogP contribution in [0.5, 0.6) is 11.5 Å². The van der Waals surface area contributed by atoms with E-state index in [1.165, 1.54) is 7.11 Å². The number of methoxy groups -OCH3 is 1. The molecule has 0 unspecified atom stereocenters. The monoisotopic (exact) mass is 377 g/mol. The summed E-state index contributed by atoms with van der Waals surface area (Å²) in [6, 6.07) is 9.23. The second kappa shape index (κ2) is 6.09. The molecule has 0 radical (unpaired) electrons. The molecule has 3 aromatic rings. The molecule has 1 spiro atoms. The van der Waals surface area contributed by atoms with Crippen LogP contribution in [-0.2, 0) is 9.53 Å². The van der Waals surface area contributed by atoms with Crippen LogP contribution in [0.3, 0.4) is 0 Å². The van der Waals surface area contributed by atoms with E-state index in [4.69, 9.17) is 9.47 Å². The van der Waals surface area contributed by atoms with Gasteiger partial charge in [-0.1, -0.05) is 0 Å². The highest BCUT2D eigenvalue weighted by Crippen LogP contribution is 2.48. The Morgan fingerprint density at radius 2 is 2.04 bits per heavy atom. The molecule has 5 rings (SSSR count). The van der Waals surface area contributed by atoms with Crippen LogP contribution in [0.2, 0.25) is 0 Å². The Morgan fingerprint density at radius 3 is 2.79 bits per heavy atom. The fourth-order valence-electron chi connectivity index (χ4n) is 4.13. The molecule has 1 N–H and O–H groups in total. The summed E-state index contributed by atoms with van der Waals surface area (Å²) in [7, 11) is 1.35. The van der Waals surface area contributed by atoms with Crippen molar-refractivity contribution in [2.45, 2.75) is 12.8 Å². The number of Topliss-reactive ketones (excluding diaryl/α,β-unsaturated/α-hetero) is 1. The number of H-pyrrole nitrogens is 1. The van der Waals surface area contributed by atoms with E-state index in [1.807, 2.05) is 30.5 Å². The molecular formula is C21H19N3O4. The number of pyridine rings is 1. The highest BCUT2D eigenvalue weighted by atomic mass is 16.5. The topological polar surface area (TPSA) is 84.5 Å². The van der Waals surface area contributed by atoms with Crippen LogP contribution in [0, 0.1) is 5.41 Å². The van der Waals surface area contributed by atoms with Crippen molar-refractivity contribution in [1.82, 2.24) is 9.97 Å². The summed E-state index contributed by atoms with van der Waals surface area (Å²) in [5.74, 6) is 0.852. The van der Waals surface area contributed by atoms with Gasteiger partial charge in [-0.3, -0.25) is 4.79 Å². The number of anilines is 1. The Labute approximate surface area is 161 Å². The molecule has 0 bridgehead atoms. The molecular weight excluding hydrogens is 358 g/mol. The molecule has 0 atom stereocenters. The minimum absolute atomic E-state index is 0.155. The maximum Gasteiger partial charge on any atom is 0.341 e. The summed E-state index contributed by atoms with van der Waals surface area (Å²) < 4.78 is 10.9. The van der Waals surface area contributed by atoms with E-state index >= 15 is 0 Å². The zero-order valence-electron chi connectivity index (χ0n) is 15.4. The molecule has 2 aromatic heterocycles. The number of nitrogens with one attached hydrogen (secondary N) is 1. The van der Waals surface area contributed by atoms with E-state index in [0.717, 1.165) is 29.8 Å². The van der Waals surface area contributed by atoms with Crippen LogP contribution in [0.4, 0.5) is 5.69 Å². The molecule has 7 heteroatoms. The lowest BCUT2D eigenvalue weighted by Crippen LogP contribution is -2.62. The smallest absolute Gasteiger partial charge is 0.341 e. The molecule has 2 aliphatic rings. The third-order valence-corrected chi connectivity index (χ3v) is 5.54. The number of carbonyl (C=O) groups is 2. The number of aromatic nitrogens is 2. The van der Waals surface area contributed by atoms with Gasteiger partial charge in [0.25, 0.3) is 0 Å². The second-order valence-electron chi connectivity index (χ2n) is 7.61. The van der Waals surface area contributed by atoms with Gasteiger partial charge in [-0.25, -0.2) is 9.78 Å². The van der Waals surface area contributed by atoms with E-state index < -0.39 is 5.97 Å². The third-order valence-electron chi connectivity index (χ3n) is 5.54. The Kier molecular flexibility index (Phi) is 3.65. The number of rotatable bonds is 4. The summed E-state index contributed by atoms with van der Waals surface area (Å²) in [6.07, 6.45) is 4.78. The SMILES string of the molecule is COC(=O)c1ccc(N2CC3(CC(=O)C3)C2)cc1Oc1cnc2[nH]ccc2c1. The predicted molar refractivity (Wildman–Crippen MR) is 103 cm³/mol. The fourth-order valence-corrected chi connectivity index (χ4v) is 4.13. The second-order valence-corrected chi connectivity index (χ2v) is 7.61. The van der Waals surface area contributed by atoms with Gasteiger partial charge in [-0.05, 0) is 24.3 Å². The number of aromatic amines is 1. The van der Waals surface area contributed by atoms with Gasteiger partial charge in [0, 0.05) is 54.7 Å². The van der Waals surface area contributed by atoms with Crippen LogP contribution in [0.1, 0.15) is 23.2 Å². The Morgan fingerprint density at radius 1 is 1.21 bits per heavy atom. The predicted octanol–water partition coefficient (Wildman–Crippen LogP) is 3.31. The van der Waals surface area contributed by atoms with Gasteiger partial charge in [0.2, 0.25) is 0 Å². The maximum atomic E-state index is 12.2. The molecule has 0 amide bonds. The number of nitrogens with zero attached hydrogens (tertiary/aromatic N) is 2. The van der Waals surface area contributed by atoms with Crippen molar-refractivity contribution in [3.8, 4) is 11.5 Å². The number of fused-ring (bicyclic) bond motifs is 1. The summed E-state index contributed by atoms with van der Waals surface area (Å²) in [5.41, 5.74) is 2.25. The van der Waals surface area contributed by atoms with Gasteiger partial charge in [0.1, 0.15) is 28.5 Å². The molecule has 1 aromatic carbocycles. The largest absolute Gasteiger partial charge is 0.465 e. The van der Waals surface area contributed by atoms with Gasteiger partial charge < -0.3 is 19.4 Å². The van der Waals surface area contributed by atoms with Crippen molar-refractivity contribution in [2.75, 3.05) is 25.1 Å². The lowest BCUT2D eigenvalue weighted by Gasteiger charge is -2.55. The van der Waals surface area contributed by atoms with Gasteiger partial charge in [0.05, 0.1) is 13.3 Å². The van der Waals surface area contributed by atoms with Crippen LogP contribution >= 0.6 is 0 Å². The first-order valence-corrected chi connectivity index (χ1v) is 9.15. The quantitative estimate of drug-likeness (QED) is 0.702. The van der Waals surface area contributed by atoms with E-state index in [1.54, 1.807) is 12.3 Å². The average Bonchev–Trinajstić information content (AvgIpc) is 3.10. The number of benzene rings is 1. The van der Waals surface area contributed by atoms with Gasteiger partial charge in [0.15, 0.2) is 0 Å². The summed E-state index contributed by atoms with van der Waals surface area (Å²) >= 11 is 0. The van der Waals surface area contributed by atoms with Crippen molar-refractivity contribution < 1.29 is 19.1 Å². The molecule has 28 heavy (non-hydrogen) atoms. The highest BCUT2D eigenvalue weighted by molar-refractivity contribution is 5.93. The van der Waals surface area contributed by atoms with Crippen molar-refractivity contribution >= 4 is 28.5 Å². The van der Waals surface area contributed by atoms with Crippen molar-refractivity contribution in [3.05, 3.63) is 48.3 Å². The van der Waals surface area contributed by atoms with Gasteiger partial charge in [-0.2, -0.15) is 0 Å². The molecule has 3 heterocycles. The van der Waals surface area contributed by atoms with E-state index in [2.05, 4.69) is 14.9 Å². The first kappa shape index (κ1) is 16.8. The van der Waals surface area contributed by atoms with Crippen molar-refractivity contribution in [3.63, 3.8) is 0 Å². The summed E-state index contributed by atoms with van der Waals surface area (Å²) in [4.78, 5) is 33.1. The van der Waals surface area contributed by atoms with Crippen molar-refractivity contribution in [2.24, 2.45) is 5.41 Å². The zero-order chi connectivity index (χ0) is 19.3. The summed E-state index contributed by atoms with van der Waals surface area (Å²) in [6.45, 7) is 1.71. The summed E-state index contributed by atoms with van der Waals surface area (Å²) in [5, 5.41) is 0.924. The molecule has 1 aliphatic carbocycles. The zero-order valence-corrected chi connectivity index (χ0v) is 15.4. The van der Waals surface area contributed by atoms with E-state index in [0.29, 0.717) is 35.7 Å². The highest BCUT2D eigenvalue weighted by Gasteiger charge is 2.52. The maximum absolute atomic E-state index is 12.2. The number of ether oxygens (including phenoxy) is 2. The lowest BCUT2D eigenvalue weighted by molar-refractivity contribution is -0.134. The van der Waals surface area contributed by atoms with Crippen molar-refractivity contribution in [1.29, 1.82) is 0 Å². The lowest BCUT2D eigenvalue weighted by atomic mass is 9.62. The minimum atomic E-state index is -0.457. The number of carbonyl (C=O) groups excluding carboxylic acids is 2. The Balaban J connectivity index is 1.43. The number of ketones is 1. The van der Waals surface area contributed by atoms with E-state index in [9.17, 15) is 9.59 Å². The number of hydrogen-bond acceptors (Lipinski definition) is 6.